The van der Waals surface area contributed by atoms with Crippen molar-refractivity contribution in [2.24, 2.45) is 0 Å². The fraction of sp³-hybridized carbons (Fsp3) is 0.581. The smallest absolute Gasteiger partial charge is 0.233 e. The molecule has 0 radical (unpaired) electrons. The van der Waals surface area contributed by atoms with Crippen molar-refractivity contribution in [3.05, 3.63) is 47.0 Å². The molecule has 2 aliphatic rings. The maximum atomic E-state index is 12.9. The Morgan fingerprint density at radius 2 is 1.64 bits per heavy atom. The number of phenolic OH excluding ortho intramolecular Hbond substituents is 1. The van der Waals surface area contributed by atoms with Crippen LogP contribution in [-0.2, 0) is 15.6 Å². The van der Waals surface area contributed by atoms with E-state index in [0.29, 0.717) is 24.7 Å². The Morgan fingerprint density at radius 1 is 1.00 bits per heavy atom. The van der Waals surface area contributed by atoms with Gasteiger partial charge in [0.15, 0.2) is 11.5 Å². The van der Waals surface area contributed by atoms with Gasteiger partial charge in [-0.3, -0.25) is 4.79 Å². The van der Waals surface area contributed by atoms with Crippen LogP contribution in [0.2, 0.25) is 0 Å². The number of aromatic hydroxyl groups is 1. The third-order valence-corrected chi connectivity index (χ3v) is 8.49. The molecule has 1 fully saturated rings. The average molecular weight is 557 g/mol. The number of hydrogen-bond acceptors (Lipinski definition) is 7. The van der Waals surface area contributed by atoms with E-state index in [2.05, 4.69) is 65.6 Å². The molecule has 0 bridgehead atoms. The van der Waals surface area contributed by atoms with E-state index in [1.54, 1.807) is 11.8 Å². The number of hydrogen-bond donors (Lipinski definition) is 1. The van der Waals surface area contributed by atoms with Crippen LogP contribution in [0.15, 0.2) is 30.3 Å². The van der Waals surface area contributed by atoms with Crippen molar-refractivity contribution >= 4 is 17.7 Å². The summed E-state index contributed by atoms with van der Waals surface area (Å²) >= 11 is 1.68. The molecule has 2 aromatic rings. The molecule has 0 saturated carbocycles. The third kappa shape index (κ3) is 7.14. The monoisotopic (exact) mass is 556 g/mol. The van der Waals surface area contributed by atoms with E-state index in [1.807, 2.05) is 23.1 Å². The van der Waals surface area contributed by atoms with Crippen LogP contribution in [0, 0.1) is 0 Å². The van der Waals surface area contributed by atoms with Crippen LogP contribution < -0.4 is 14.2 Å². The molecule has 0 aromatic heterocycles. The van der Waals surface area contributed by atoms with Crippen molar-refractivity contribution in [3.63, 3.8) is 0 Å². The Labute approximate surface area is 237 Å². The lowest BCUT2D eigenvalue weighted by Crippen LogP contribution is -2.32. The minimum Gasteiger partial charge on any atom is -0.507 e. The second kappa shape index (κ2) is 11.9. The lowest BCUT2D eigenvalue weighted by molar-refractivity contribution is -0.128. The maximum Gasteiger partial charge on any atom is 0.233 e. The molecule has 39 heavy (non-hydrogen) atoms. The summed E-state index contributed by atoms with van der Waals surface area (Å²) in [6, 6.07) is 9.87. The molecule has 2 heterocycles. The van der Waals surface area contributed by atoms with Crippen LogP contribution >= 0.6 is 11.8 Å². The summed E-state index contributed by atoms with van der Waals surface area (Å²) in [5, 5.41) is 11.1. The van der Waals surface area contributed by atoms with Gasteiger partial charge < -0.3 is 29.1 Å². The Kier molecular flexibility index (Phi) is 8.96. The minimum absolute atomic E-state index is 0.0271. The third-order valence-electron chi connectivity index (χ3n) is 7.24. The van der Waals surface area contributed by atoms with Gasteiger partial charge in [0, 0.05) is 19.2 Å². The average Bonchev–Trinajstić information content (AvgIpc) is 3.47. The largest absolute Gasteiger partial charge is 0.507 e. The van der Waals surface area contributed by atoms with Gasteiger partial charge in [-0.05, 0) is 78.2 Å². The molecule has 0 aliphatic carbocycles. The second-order valence-electron chi connectivity index (χ2n) is 12.6. The van der Waals surface area contributed by atoms with E-state index in [1.165, 1.54) is 0 Å². The Bertz CT molecular complexity index is 1140. The SMILES string of the molecule is CN(CCCOc1ccc2c(c1)OCO2)CCCN1C(=O)CSC1c1cc(C(C)(C)C)c(O)c(C(C)(C)C)c1. The highest BCUT2D eigenvalue weighted by Gasteiger charge is 2.35. The number of ether oxygens (including phenoxy) is 3. The first-order valence-corrected chi connectivity index (χ1v) is 14.9. The summed E-state index contributed by atoms with van der Waals surface area (Å²) in [6.45, 7) is 16.2. The molecule has 1 amide bonds. The zero-order valence-electron chi connectivity index (χ0n) is 24.5. The van der Waals surface area contributed by atoms with E-state index in [4.69, 9.17) is 14.2 Å². The van der Waals surface area contributed by atoms with E-state index in [0.717, 1.165) is 59.9 Å². The normalized spacial score (nSPS) is 17.4. The van der Waals surface area contributed by atoms with Crippen molar-refractivity contribution in [1.29, 1.82) is 0 Å². The number of benzene rings is 2. The number of carbonyl (C=O) groups excluding carboxylic acids is 1. The highest BCUT2D eigenvalue weighted by atomic mass is 32.2. The van der Waals surface area contributed by atoms with Crippen LogP contribution in [0.3, 0.4) is 0 Å². The fourth-order valence-electron chi connectivity index (χ4n) is 5.03. The first-order valence-electron chi connectivity index (χ1n) is 13.8. The molecule has 4 rings (SSSR count). The topological polar surface area (TPSA) is 71.5 Å². The van der Waals surface area contributed by atoms with Crippen molar-refractivity contribution in [2.45, 2.75) is 70.6 Å². The number of rotatable bonds is 10. The molecule has 1 atom stereocenters. The summed E-state index contributed by atoms with van der Waals surface area (Å²) in [5.74, 6) is 3.34. The van der Waals surface area contributed by atoms with E-state index in [9.17, 15) is 9.90 Å². The Balaban J connectivity index is 1.31. The van der Waals surface area contributed by atoms with Crippen LogP contribution in [0.5, 0.6) is 23.0 Å². The Hall–Kier alpha value is -2.58. The van der Waals surface area contributed by atoms with Crippen LogP contribution in [0.1, 0.15) is 76.4 Å². The van der Waals surface area contributed by atoms with E-state index >= 15 is 0 Å². The molecule has 1 N–H and O–H groups in total. The number of carbonyl (C=O) groups is 1. The summed E-state index contributed by atoms with van der Waals surface area (Å²) in [7, 11) is 2.11. The van der Waals surface area contributed by atoms with Crippen molar-refractivity contribution < 1.29 is 24.1 Å². The summed E-state index contributed by atoms with van der Waals surface area (Å²) in [6.07, 6.45) is 1.81. The number of thioether (sulfide) groups is 1. The molecule has 2 aliphatic heterocycles. The summed E-state index contributed by atoms with van der Waals surface area (Å²) in [5.41, 5.74) is 2.58. The predicted molar refractivity (Wildman–Crippen MR) is 157 cm³/mol. The first kappa shape index (κ1) is 29.4. The highest BCUT2D eigenvalue weighted by molar-refractivity contribution is 8.00. The zero-order valence-corrected chi connectivity index (χ0v) is 25.3. The fourth-order valence-corrected chi connectivity index (χ4v) is 6.23. The molecule has 2 aromatic carbocycles. The Morgan fingerprint density at radius 3 is 2.31 bits per heavy atom. The van der Waals surface area contributed by atoms with E-state index < -0.39 is 0 Å². The number of fused-ring (bicyclic) bond motifs is 1. The standard InChI is InChI=1S/C31H44N2O5S/c1-30(2,3)23-16-21(17-24(28(23)35)31(4,5)6)29-33(27(34)19-39-29)14-8-12-32(7)13-9-15-36-22-10-11-25-26(18-22)38-20-37-25/h10-11,16-18,29,35H,8-9,12-15,19-20H2,1-7H3. The molecule has 8 heteroatoms. The van der Waals surface area contributed by atoms with Gasteiger partial charge in [0.1, 0.15) is 16.9 Å². The van der Waals surface area contributed by atoms with Gasteiger partial charge in [0.05, 0.1) is 12.4 Å². The molecule has 7 nitrogen and oxygen atoms in total. The van der Waals surface area contributed by atoms with Crippen molar-refractivity contribution in [1.82, 2.24) is 9.80 Å². The predicted octanol–water partition coefficient (Wildman–Crippen LogP) is 6.08. The zero-order chi connectivity index (χ0) is 28.4. The van der Waals surface area contributed by atoms with Gasteiger partial charge in [-0.15, -0.1) is 11.8 Å². The van der Waals surface area contributed by atoms with Gasteiger partial charge >= 0.3 is 0 Å². The first-order chi connectivity index (χ1) is 18.3. The second-order valence-corrected chi connectivity index (χ2v) is 13.7. The highest BCUT2D eigenvalue weighted by Crippen LogP contribution is 2.45. The van der Waals surface area contributed by atoms with Gasteiger partial charge in [0.25, 0.3) is 0 Å². The summed E-state index contributed by atoms with van der Waals surface area (Å²) in [4.78, 5) is 17.2. The molecule has 1 unspecified atom stereocenters. The quantitative estimate of drug-likeness (QED) is 0.356. The molecule has 0 spiro atoms. The molecular weight excluding hydrogens is 512 g/mol. The van der Waals surface area contributed by atoms with E-state index in [-0.39, 0.29) is 28.9 Å². The van der Waals surface area contributed by atoms with Crippen LogP contribution in [0.4, 0.5) is 0 Å². The van der Waals surface area contributed by atoms with Crippen molar-refractivity contribution in [2.75, 3.05) is 45.8 Å². The molecular formula is C31H44N2O5S. The summed E-state index contributed by atoms with van der Waals surface area (Å²) < 4.78 is 16.6. The number of nitrogens with zero attached hydrogens (tertiary/aromatic N) is 2. The van der Waals surface area contributed by atoms with Gasteiger partial charge in [-0.1, -0.05) is 41.5 Å². The van der Waals surface area contributed by atoms with Gasteiger partial charge in [-0.2, -0.15) is 0 Å². The molecule has 1 saturated heterocycles. The van der Waals surface area contributed by atoms with Crippen LogP contribution in [0.25, 0.3) is 0 Å². The minimum atomic E-state index is -0.201. The lowest BCUT2D eigenvalue weighted by atomic mass is 9.78. The number of amides is 1. The van der Waals surface area contributed by atoms with Crippen LogP contribution in [-0.4, -0.2) is 66.6 Å². The number of phenols is 1. The lowest BCUT2D eigenvalue weighted by Gasteiger charge is -2.31. The van der Waals surface area contributed by atoms with Gasteiger partial charge in [-0.25, -0.2) is 0 Å². The molecule has 214 valence electrons. The maximum absolute atomic E-state index is 12.9. The van der Waals surface area contributed by atoms with Crippen molar-refractivity contribution in [3.8, 4) is 23.0 Å². The van der Waals surface area contributed by atoms with Gasteiger partial charge in [0.2, 0.25) is 12.7 Å².